The summed E-state index contributed by atoms with van der Waals surface area (Å²) in [5.41, 5.74) is -1.58. The summed E-state index contributed by atoms with van der Waals surface area (Å²) in [4.78, 5) is 25.3. The maximum absolute atomic E-state index is 12.3. The molecule has 22 heavy (non-hydrogen) atoms. The fraction of sp³-hybridized carbons (Fsp3) is 0.750. The van der Waals surface area contributed by atoms with Crippen molar-refractivity contribution in [2.75, 3.05) is 0 Å². The highest BCUT2D eigenvalue weighted by Crippen LogP contribution is 2.18. The Morgan fingerprint density at radius 1 is 1.09 bits per heavy atom. The van der Waals surface area contributed by atoms with Crippen LogP contribution in [0.5, 0.6) is 0 Å². The molecule has 0 saturated carbocycles. The van der Waals surface area contributed by atoms with Crippen LogP contribution in [0.1, 0.15) is 54.9 Å². The Morgan fingerprint density at radius 3 is 1.68 bits per heavy atom. The number of aliphatic hydroxyl groups excluding tert-OH is 1. The van der Waals surface area contributed by atoms with E-state index in [4.69, 9.17) is 15.9 Å². The highest BCUT2D eigenvalue weighted by Gasteiger charge is 2.36. The van der Waals surface area contributed by atoms with Crippen molar-refractivity contribution in [2.24, 2.45) is 0 Å². The molecule has 0 bridgehead atoms. The summed E-state index contributed by atoms with van der Waals surface area (Å²) in [7, 11) is 0. The number of amides is 2. The molecular formula is C16H27NO5. The zero-order chi connectivity index (χ0) is 17.7. The van der Waals surface area contributed by atoms with E-state index in [1.165, 1.54) is 6.92 Å². The van der Waals surface area contributed by atoms with Crippen LogP contribution in [0.3, 0.4) is 0 Å². The number of carbonyl (C=O) groups excluding carboxylic acids is 2. The average molecular weight is 313 g/mol. The molecule has 0 aliphatic heterocycles. The number of rotatable bonds is 3. The SMILES string of the molecule is C#C[C@H](C[C@@H](C)O)N(C(=O)OC(C)(C)C)C(=O)OC(C)(C)C. The number of hydrogen-bond acceptors (Lipinski definition) is 5. The summed E-state index contributed by atoms with van der Waals surface area (Å²) in [6, 6.07) is -0.954. The molecule has 6 nitrogen and oxygen atoms in total. The first kappa shape index (κ1) is 20.3. The molecule has 0 aromatic rings. The lowest BCUT2D eigenvalue weighted by Gasteiger charge is -2.31. The molecule has 0 aromatic carbocycles. The summed E-state index contributed by atoms with van der Waals surface area (Å²) >= 11 is 0. The molecule has 0 heterocycles. The van der Waals surface area contributed by atoms with Gasteiger partial charge in [-0.1, -0.05) is 5.92 Å². The summed E-state index contributed by atoms with van der Waals surface area (Å²) in [5, 5.41) is 9.51. The standard InChI is InChI=1S/C16H27NO5/c1-9-12(10-11(2)18)17(13(19)21-15(3,4)5)14(20)22-16(6,7)8/h1,11-12,18H,10H2,2-8H3/t11-,12-/m1/s1. The van der Waals surface area contributed by atoms with Crippen molar-refractivity contribution >= 4 is 12.2 Å². The number of nitrogens with zero attached hydrogens (tertiary/aromatic N) is 1. The van der Waals surface area contributed by atoms with Gasteiger partial charge in [-0.2, -0.15) is 4.90 Å². The van der Waals surface area contributed by atoms with Crippen LogP contribution in [0, 0.1) is 12.3 Å². The van der Waals surface area contributed by atoms with E-state index < -0.39 is 35.5 Å². The monoisotopic (exact) mass is 313 g/mol. The third-order valence-electron chi connectivity index (χ3n) is 2.25. The van der Waals surface area contributed by atoms with Gasteiger partial charge in [0.15, 0.2) is 0 Å². The van der Waals surface area contributed by atoms with Crippen LogP contribution in [0.2, 0.25) is 0 Å². The van der Waals surface area contributed by atoms with Crippen LogP contribution in [-0.2, 0) is 9.47 Å². The van der Waals surface area contributed by atoms with Crippen molar-refractivity contribution < 1.29 is 24.2 Å². The van der Waals surface area contributed by atoms with Crippen LogP contribution < -0.4 is 0 Å². The number of terminal acetylenes is 1. The van der Waals surface area contributed by atoms with E-state index in [1.54, 1.807) is 41.5 Å². The second-order valence-corrected chi connectivity index (χ2v) is 7.10. The van der Waals surface area contributed by atoms with Gasteiger partial charge in [0, 0.05) is 6.42 Å². The first-order valence-corrected chi connectivity index (χ1v) is 7.16. The van der Waals surface area contributed by atoms with Gasteiger partial charge >= 0.3 is 12.2 Å². The Kier molecular flexibility index (Phi) is 6.91. The molecule has 6 heteroatoms. The predicted octanol–water partition coefficient (Wildman–Crippen LogP) is 2.93. The second-order valence-electron chi connectivity index (χ2n) is 7.10. The van der Waals surface area contributed by atoms with Gasteiger partial charge in [-0.05, 0) is 48.5 Å². The maximum Gasteiger partial charge on any atom is 0.420 e. The van der Waals surface area contributed by atoms with Crippen molar-refractivity contribution in [3.05, 3.63) is 0 Å². The summed E-state index contributed by atoms with van der Waals surface area (Å²) in [5.74, 6) is 2.33. The molecule has 0 spiro atoms. The van der Waals surface area contributed by atoms with E-state index in [0.29, 0.717) is 0 Å². The highest BCUT2D eigenvalue weighted by atomic mass is 16.6. The Balaban J connectivity index is 5.43. The van der Waals surface area contributed by atoms with Crippen LogP contribution in [-0.4, -0.2) is 45.5 Å². The fourth-order valence-corrected chi connectivity index (χ4v) is 1.52. The molecule has 0 unspecified atom stereocenters. The maximum atomic E-state index is 12.3. The normalized spacial score (nSPS) is 14.5. The largest absolute Gasteiger partial charge is 0.443 e. The molecule has 0 saturated heterocycles. The van der Waals surface area contributed by atoms with Crippen LogP contribution in [0.4, 0.5) is 9.59 Å². The van der Waals surface area contributed by atoms with Gasteiger partial charge in [0.05, 0.1) is 6.10 Å². The number of hydrogen-bond donors (Lipinski definition) is 1. The molecule has 126 valence electrons. The zero-order valence-electron chi connectivity index (χ0n) is 14.5. The quantitative estimate of drug-likeness (QED) is 0.811. The minimum absolute atomic E-state index is 0.0367. The van der Waals surface area contributed by atoms with Crippen molar-refractivity contribution in [3.63, 3.8) is 0 Å². The lowest BCUT2D eigenvalue weighted by molar-refractivity contribution is -0.00594. The Morgan fingerprint density at radius 2 is 1.45 bits per heavy atom. The highest BCUT2D eigenvalue weighted by molar-refractivity contribution is 5.89. The van der Waals surface area contributed by atoms with E-state index in [-0.39, 0.29) is 6.42 Å². The van der Waals surface area contributed by atoms with E-state index >= 15 is 0 Å². The van der Waals surface area contributed by atoms with Gasteiger partial charge < -0.3 is 14.6 Å². The number of aliphatic hydroxyl groups is 1. The molecular weight excluding hydrogens is 286 g/mol. The molecule has 0 radical (unpaired) electrons. The van der Waals surface area contributed by atoms with Crippen molar-refractivity contribution in [1.82, 2.24) is 4.90 Å². The smallest absolute Gasteiger partial charge is 0.420 e. The van der Waals surface area contributed by atoms with Gasteiger partial charge in [0.25, 0.3) is 0 Å². The van der Waals surface area contributed by atoms with Gasteiger partial charge in [0.1, 0.15) is 17.2 Å². The first-order valence-electron chi connectivity index (χ1n) is 7.16. The fourth-order valence-electron chi connectivity index (χ4n) is 1.52. The Labute approximate surface area is 132 Å². The second kappa shape index (κ2) is 7.50. The van der Waals surface area contributed by atoms with Gasteiger partial charge in [-0.25, -0.2) is 9.59 Å². The summed E-state index contributed by atoms with van der Waals surface area (Å²) < 4.78 is 10.4. The van der Waals surface area contributed by atoms with Gasteiger partial charge in [-0.3, -0.25) is 0 Å². The third-order valence-corrected chi connectivity index (χ3v) is 2.25. The molecule has 0 rings (SSSR count). The van der Waals surface area contributed by atoms with Gasteiger partial charge in [-0.15, -0.1) is 6.42 Å². The molecule has 0 aliphatic carbocycles. The van der Waals surface area contributed by atoms with E-state index in [9.17, 15) is 14.7 Å². The Hall–Kier alpha value is -1.74. The first-order chi connectivity index (χ1) is 9.76. The summed E-state index contributed by atoms with van der Waals surface area (Å²) in [6.07, 6.45) is 2.86. The molecule has 0 aliphatic rings. The van der Waals surface area contributed by atoms with E-state index in [1.807, 2.05) is 0 Å². The number of carbonyl (C=O) groups is 2. The van der Waals surface area contributed by atoms with Crippen molar-refractivity contribution in [2.45, 2.75) is 78.2 Å². The minimum atomic E-state index is -0.954. The third kappa shape index (κ3) is 7.89. The van der Waals surface area contributed by atoms with Crippen molar-refractivity contribution in [3.8, 4) is 12.3 Å². The molecule has 2 atom stereocenters. The van der Waals surface area contributed by atoms with Crippen LogP contribution >= 0.6 is 0 Å². The minimum Gasteiger partial charge on any atom is -0.443 e. The predicted molar refractivity (Wildman–Crippen MR) is 83.2 cm³/mol. The van der Waals surface area contributed by atoms with E-state index in [0.717, 1.165) is 4.90 Å². The molecule has 2 amide bonds. The lowest BCUT2D eigenvalue weighted by atomic mass is 10.1. The number of imide groups is 1. The molecule has 1 N–H and O–H groups in total. The molecule has 0 aromatic heterocycles. The topological polar surface area (TPSA) is 76.1 Å². The number of ether oxygens (including phenoxy) is 2. The van der Waals surface area contributed by atoms with Crippen molar-refractivity contribution in [1.29, 1.82) is 0 Å². The Bertz CT molecular complexity index is 409. The molecule has 0 fully saturated rings. The zero-order valence-corrected chi connectivity index (χ0v) is 14.5. The van der Waals surface area contributed by atoms with Crippen LogP contribution in [0.25, 0.3) is 0 Å². The lowest BCUT2D eigenvalue weighted by Crippen LogP contribution is -2.49. The van der Waals surface area contributed by atoms with E-state index in [2.05, 4.69) is 5.92 Å². The van der Waals surface area contributed by atoms with Gasteiger partial charge in [0.2, 0.25) is 0 Å². The average Bonchev–Trinajstić information content (AvgIpc) is 2.21. The summed E-state index contributed by atoms with van der Waals surface area (Å²) in [6.45, 7) is 11.6. The van der Waals surface area contributed by atoms with Crippen LogP contribution in [0.15, 0.2) is 0 Å².